The van der Waals surface area contributed by atoms with E-state index in [1.54, 1.807) is 30.3 Å². The zero-order chi connectivity index (χ0) is 21.2. The van der Waals surface area contributed by atoms with Gasteiger partial charge in [-0.05, 0) is 36.8 Å². The van der Waals surface area contributed by atoms with E-state index in [2.05, 4.69) is 0 Å². The Morgan fingerprint density at radius 1 is 0.862 bits per heavy atom. The van der Waals surface area contributed by atoms with Crippen molar-refractivity contribution in [2.75, 3.05) is 34.5 Å². The van der Waals surface area contributed by atoms with E-state index in [1.807, 2.05) is 25.1 Å². The molecule has 0 saturated heterocycles. The first-order valence-electron chi connectivity index (χ1n) is 8.86. The van der Waals surface area contributed by atoms with Crippen LogP contribution in [0.5, 0.6) is 23.0 Å². The quantitative estimate of drug-likeness (QED) is 0.446. The molecule has 0 spiro atoms. The molecule has 0 radical (unpaired) electrons. The van der Waals surface area contributed by atoms with Gasteiger partial charge in [0.2, 0.25) is 5.78 Å². The van der Waals surface area contributed by atoms with Gasteiger partial charge in [0.15, 0.2) is 24.7 Å². The average molecular weight is 400 g/mol. The van der Waals surface area contributed by atoms with Gasteiger partial charge in [-0.2, -0.15) is 0 Å². The fraction of sp³-hybridized carbons (Fsp3) is 0.273. The molecule has 0 saturated carbocycles. The normalized spacial score (nSPS) is 10.5. The van der Waals surface area contributed by atoms with E-state index in [1.165, 1.54) is 21.3 Å². The second-order valence-corrected chi connectivity index (χ2v) is 5.85. The number of esters is 1. The van der Waals surface area contributed by atoms with Gasteiger partial charge in [-0.15, -0.1) is 0 Å². The summed E-state index contributed by atoms with van der Waals surface area (Å²) in [6.07, 6.45) is 3.82. The molecular formula is C22H24O7. The topological polar surface area (TPSA) is 80.3 Å². The van der Waals surface area contributed by atoms with Gasteiger partial charge in [-0.1, -0.05) is 18.2 Å². The number of carbonyl (C=O) groups excluding carboxylic acids is 2. The largest absolute Gasteiger partial charge is 0.497 e. The molecule has 0 heterocycles. The van der Waals surface area contributed by atoms with Crippen LogP contribution in [0.4, 0.5) is 0 Å². The number of carbonyl (C=O) groups is 2. The molecule has 2 rings (SSSR count). The standard InChI is InChI=1S/C22H24O7/c1-5-6-15-7-10-19(21(11-15)27-4)28-14-22(24)29-13-18(23)17-9-8-16(25-2)12-20(17)26-3/h5-12H,13-14H2,1-4H3. The lowest BCUT2D eigenvalue weighted by Crippen LogP contribution is -2.20. The summed E-state index contributed by atoms with van der Waals surface area (Å²) in [5, 5.41) is 0. The fourth-order valence-corrected chi connectivity index (χ4v) is 2.53. The average Bonchev–Trinajstić information content (AvgIpc) is 2.75. The van der Waals surface area contributed by atoms with E-state index >= 15 is 0 Å². The van der Waals surface area contributed by atoms with E-state index in [4.69, 9.17) is 23.7 Å². The van der Waals surface area contributed by atoms with Gasteiger partial charge in [0, 0.05) is 6.07 Å². The number of hydrogen-bond donors (Lipinski definition) is 0. The van der Waals surface area contributed by atoms with Crippen molar-refractivity contribution in [3.05, 3.63) is 53.6 Å². The van der Waals surface area contributed by atoms with Crippen LogP contribution in [0.3, 0.4) is 0 Å². The maximum absolute atomic E-state index is 12.3. The number of methoxy groups -OCH3 is 3. The van der Waals surface area contributed by atoms with Crippen molar-refractivity contribution >= 4 is 17.8 Å². The molecule has 29 heavy (non-hydrogen) atoms. The minimum absolute atomic E-state index is 0.295. The third-order valence-electron chi connectivity index (χ3n) is 3.97. The molecule has 7 nitrogen and oxygen atoms in total. The second kappa shape index (κ2) is 10.8. The highest BCUT2D eigenvalue weighted by atomic mass is 16.6. The van der Waals surface area contributed by atoms with Crippen molar-refractivity contribution in [1.29, 1.82) is 0 Å². The van der Waals surface area contributed by atoms with E-state index in [9.17, 15) is 9.59 Å². The minimum Gasteiger partial charge on any atom is -0.497 e. The number of ether oxygens (including phenoxy) is 5. The number of allylic oxidation sites excluding steroid dienone is 1. The summed E-state index contributed by atoms with van der Waals surface area (Å²) in [4.78, 5) is 24.3. The Hall–Kier alpha value is -3.48. The van der Waals surface area contributed by atoms with Crippen LogP contribution < -0.4 is 18.9 Å². The summed E-state index contributed by atoms with van der Waals surface area (Å²) < 4.78 is 26.0. The number of hydrogen-bond acceptors (Lipinski definition) is 7. The van der Waals surface area contributed by atoms with E-state index in [0.29, 0.717) is 28.6 Å². The molecule has 0 aliphatic carbocycles. The fourth-order valence-electron chi connectivity index (χ4n) is 2.53. The summed E-state index contributed by atoms with van der Waals surface area (Å²) in [6.45, 7) is 1.13. The van der Waals surface area contributed by atoms with E-state index in [-0.39, 0.29) is 6.61 Å². The molecule has 0 aromatic heterocycles. The zero-order valence-electron chi connectivity index (χ0n) is 16.9. The lowest BCUT2D eigenvalue weighted by atomic mass is 10.1. The summed E-state index contributed by atoms with van der Waals surface area (Å²) >= 11 is 0. The molecule has 0 fully saturated rings. The molecule has 2 aromatic rings. The number of benzene rings is 2. The summed E-state index contributed by atoms with van der Waals surface area (Å²) in [6, 6.07) is 10.1. The van der Waals surface area contributed by atoms with Crippen LogP contribution >= 0.6 is 0 Å². The number of rotatable bonds is 10. The summed E-state index contributed by atoms with van der Waals surface area (Å²) in [5.74, 6) is 0.718. The van der Waals surface area contributed by atoms with Crippen LogP contribution in [0, 0.1) is 0 Å². The smallest absolute Gasteiger partial charge is 0.344 e. The van der Waals surface area contributed by atoms with Crippen LogP contribution in [0.2, 0.25) is 0 Å². The molecule has 0 aliphatic heterocycles. The summed E-state index contributed by atoms with van der Waals surface area (Å²) in [5.41, 5.74) is 1.24. The van der Waals surface area contributed by atoms with Gasteiger partial charge in [0.1, 0.15) is 11.5 Å². The third-order valence-corrected chi connectivity index (χ3v) is 3.97. The number of Topliss-reactive ketones (excluding diaryl/α,β-unsaturated/α-hetero) is 1. The van der Waals surface area contributed by atoms with Crippen LogP contribution in [-0.2, 0) is 9.53 Å². The molecule has 0 aliphatic rings. The van der Waals surface area contributed by atoms with Crippen LogP contribution in [0.15, 0.2) is 42.5 Å². The molecule has 0 unspecified atom stereocenters. The van der Waals surface area contributed by atoms with Gasteiger partial charge in [-0.3, -0.25) is 4.79 Å². The molecule has 154 valence electrons. The SMILES string of the molecule is CC=Cc1ccc(OCC(=O)OCC(=O)c2ccc(OC)cc2OC)c(OC)c1. The molecule has 0 atom stereocenters. The zero-order valence-corrected chi connectivity index (χ0v) is 16.9. The van der Waals surface area contributed by atoms with E-state index in [0.717, 1.165) is 5.56 Å². The molecule has 0 amide bonds. The van der Waals surface area contributed by atoms with Crippen molar-refractivity contribution in [1.82, 2.24) is 0 Å². The van der Waals surface area contributed by atoms with Crippen molar-refractivity contribution in [2.45, 2.75) is 6.92 Å². The Morgan fingerprint density at radius 2 is 1.62 bits per heavy atom. The van der Waals surface area contributed by atoms with Crippen LogP contribution in [-0.4, -0.2) is 46.3 Å². The highest BCUT2D eigenvalue weighted by Crippen LogP contribution is 2.28. The predicted molar refractivity (Wildman–Crippen MR) is 108 cm³/mol. The molecule has 0 bridgehead atoms. The van der Waals surface area contributed by atoms with Crippen molar-refractivity contribution < 1.29 is 33.3 Å². The monoisotopic (exact) mass is 400 g/mol. The highest BCUT2D eigenvalue weighted by molar-refractivity contribution is 6.00. The second-order valence-electron chi connectivity index (χ2n) is 5.85. The molecule has 7 heteroatoms. The predicted octanol–water partition coefficient (Wildman–Crippen LogP) is 3.55. The maximum atomic E-state index is 12.3. The van der Waals surface area contributed by atoms with Gasteiger partial charge < -0.3 is 23.7 Å². The Labute approximate surface area is 169 Å². The lowest BCUT2D eigenvalue weighted by molar-refractivity contribution is -0.144. The first-order valence-corrected chi connectivity index (χ1v) is 8.86. The minimum atomic E-state index is -0.676. The highest BCUT2D eigenvalue weighted by Gasteiger charge is 2.16. The Balaban J connectivity index is 1.93. The lowest BCUT2D eigenvalue weighted by Gasteiger charge is -2.12. The maximum Gasteiger partial charge on any atom is 0.344 e. The first kappa shape index (κ1) is 21.8. The van der Waals surface area contributed by atoms with Crippen LogP contribution in [0.25, 0.3) is 6.08 Å². The third kappa shape index (κ3) is 6.00. The Kier molecular flexibility index (Phi) is 8.09. The van der Waals surface area contributed by atoms with E-state index < -0.39 is 18.4 Å². The van der Waals surface area contributed by atoms with Crippen LogP contribution in [0.1, 0.15) is 22.8 Å². The van der Waals surface area contributed by atoms with Gasteiger partial charge in [0.25, 0.3) is 0 Å². The number of ketones is 1. The van der Waals surface area contributed by atoms with Crippen molar-refractivity contribution in [2.24, 2.45) is 0 Å². The first-order chi connectivity index (χ1) is 14.0. The Morgan fingerprint density at radius 3 is 2.28 bits per heavy atom. The van der Waals surface area contributed by atoms with Gasteiger partial charge >= 0.3 is 5.97 Å². The Bertz CT molecular complexity index is 887. The van der Waals surface area contributed by atoms with Crippen molar-refractivity contribution in [3.63, 3.8) is 0 Å². The van der Waals surface area contributed by atoms with Crippen molar-refractivity contribution in [3.8, 4) is 23.0 Å². The molecular weight excluding hydrogens is 376 g/mol. The van der Waals surface area contributed by atoms with Gasteiger partial charge in [-0.25, -0.2) is 4.79 Å². The van der Waals surface area contributed by atoms with Gasteiger partial charge in [0.05, 0.1) is 26.9 Å². The molecule has 0 N–H and O–H groups in total. The summed E-state index contributed by atoms with van der Waals surface area (Å²) in [7, 11) is 4.47. The molecule has 2 aromatic carbocycles.